The summed E-state index contributed by atoms with van der Waals surface area (Å²) >= 11 is 1.88. The first kappa shape index (κ1) is 38.5. The highest BCUT2D eigenvalue weighted by Gasteiger charge is 2.18. The Balaban J connectivity index is 0.758. The van der Waals surface area contributed by atoms with Crippen molar-refractivity contribution in [1.29, 1.82) is 0 Å². The van der Waals surface area contributed by atoms with E-state index in [0.29, 0.717) is 0 Å². The smallest absolute Gasteiger partial charge is 0.0355 e. The summed E-state index contributed by atoms with van der Waals surface area (Å²) in [7, 11) is 0. The normalized spacial score (nSPS) is 12.1. The lowest BCUT2D eigenvalue weighted by molar-refractivity contribution is 1.63. The van der Waals surface area contributed by atoms with Gasteiger partial charge in [-0.3, -0.25) is 0 Å². The van der Waals surface area contributed by atoms with Gasteiger partial charge in [0.25, 0.3) is 0 Å². The van der Waals surface area contributed by atoms with Gasteiger partial charge in [-0.05, 0) is 156 Å². The molecule has 69 heavy (non-hydrogen) atoms. The van der Waals surface area contributed by atoms with E-state index in [1.54, 1.807) is 0 Å². The molecule has 0 saturated heterocycles. The Hall–Kier alpha value is -8.62. The van der Waals surface area contributed by atoms with Crippen LogP contribution in [0.1, 0.15) is 0 Å². The number of fused-ring (bicyclic) bond motifs is 3. The second kappa shape index (κ2) is 14.9. The molecular weight excluding hydrogens is 849 g/mol. The summed E-state index contributed by atoms with van der Waals surface area (Å²) < 4.78 is 2.62. The van der Waals surface area contributed by atoms with Crippen molar-refractivity contribution >= 4 is 96.1 Å². The minimum absolute atomic E-state index is 1.22. The molecular formula is C68H40S. The van der Waals surface area contributed by atoms with Crippen LogP contribution in [0.4, 0.5) is 0 Å². The molecule has 0 fully saturated rings. The topological polar surface area (TPSA) is 0 Å². The van der Waals surface area contributed by atoms with E-state index in [0.717, 1.165) is 0 Å². The van der Waals surface area contributed by atoms with Crippen molar-refractivity contribution in [3.63, 3.8) is 0 Å². The molecule has 0 bridgehead atoms. The monoisotopic (exact) mass is 888 g/mol. The van der Waals surface area contributed by atoms with Gasteiger partial charge in [0.1, 0.15) is 0 Å². The summed E-state index contributed by atoms with van der Waals surface area (Å²) in [5, 5.41) is 18.3. The molecule has 0 atom stereocenters. The number of hydrogen-bond donors (Lipinski definition) is 0. The molecule has 1 aromatic heterocycles. The lowest BCUT2D eigenvalue weighted by Crippen LogP contribution is -1.89. The lowest BCUT2D eigenvalue weighted by Gasteiger charge is -2.16. The van der Waals surface area contributed by atoms with Crippen molar-refractivity contribution < 1.29 is 0 Å². The SMILES string of the molecule is c1ccc(-c2ccc3ccc4c(-c5ccc(-c6ccc7sc8ccc(-c9ccc(-c%10ccc%11ccc%12c(-c%13ccccc%13)ccc%13ccc%10c%11c%13%12)cc9)cc8c7c6)cc5)ccc5ccc2c3c54)cc1. The Kier molecular flexibility index (Phi) is 8.33. The summed E-state index contributed by atoms with van der Waals surface area (Å²) in [4.78, 5) is 0. The zero-order valence-corrected chi connectivity index (χ0v) is 38.3. The molecule has 0 unspecified atom stereocenters. The molecule has 0 saturated carbocycles. The van der Waals surface area contributed by atoms with Gasteiger partial charge < -0.3 is 0 Å². The number of hydrogen-bond acceptors (Lipinski definition) is 1. The van der Waals surface area contributed by atoms with Crippen molar-refractivity contribution in [2.24, 2.45) is 0 Å². The Labute approximate surface area is 403 Å². The molecule has 1 heterocycles. The maximum atomic E-state index is 2.40. The number of benzene rings is 14. The van der Waals surface area contributed by atoms with Crippen LogP contribution in [0, 0.1) is 0 Å². The molecule has 15 rings (SSSR count). The fourth-order valence-electron chi connectivity index (χ4n) is 11.7. The van der Waals surface area contributed by atoms with Gasteiger partial charge in [0.05, 0.1) is 0 Å². The van der Waals surface area contributed by atoms with Gasteiger partial charge in [-0.1, -0.05) is 218 Å². The fourth-order valence-corrected chi connectivity index (χ4v) is 12.7. The summed E-state index contributed by atoms with van der Waals surface area (Å²) in [6, 6.07) is 90.7. The Morgan fingerprint density at radius 1 is 0.188 bits per heavy atom. The number of rotatable bonds is 6. The van der Waals surface area contributed by atoms with E-state index in [-0.39, 0.29) is 0 Å². The van der Waals surface area contributed by atoms with Crippen LogP contribution < -0.4 is 0 Å². The van der Waals surface area contributed by atoms with E-state index in [2.05, 4.69) is 243 Å². The third kappa shape index (κ3) is 5.94. The first-order valence-electron chi connectivity index (χ1n) is 23.9. The molecule has 1 heteroatoms. The van der Waals surface area contributed by atoms with Crippen molar-refractivity contribution in [1.82, 2.24) is 0 Å². The maximum Gasteiger partial charge on any atom is 0.0355 e. The van der Waals surface area contributed by atoms with Crippen LogP contribution in [0.25, 0.3) is 152 Å². The fraction of sp³-hybridized carbons (Fsp3) is 0. The van der Waals surface area contributed by atoms with Gasteiger partial charge in [-0.25, -0.2) is 0 Å². The van der Waals surface area contributed by atoms with Crippen LogP contribution in [-0.2, 0) is 0 Å². The molecule has 0 radical (unpaired) electrons. The second-order valence-corrected chi connectivity index (χ2v) is 19.8. The van der Waals surface area contributed by atoms with Gasteiger partial charge in [-0.15, -0.1) is 11.3 Å². The van der Waals surface area contributed by atoms with Crippen LogP contribution in [0.3, 0.4) is 0 Å². The zero-order chi connectivity index (χ0) is 45.2. The van der Waals surface area contributed by atoms with Crippen LogP contribution >= 0.6 is 11.3 Å². The highest BCUT2D eigenvalue weighted by molar-refractivity contribution is 7.25. The summed E-state index contributed by atoms with van der Waals surface area (Å²) in [5.74, 6) is 0. The predicted molar refractivity (Wildman–Crippen MR) is 299 cm³/mol. The molecule has 0 amide bonds. The van der Waals surface area contributed by atoms with Gasteiger partial charge in [-0.2, -0.15) is 0 Å². The molecule has 0 spiro atoms. The minimum Gasteiger partial charge on any atom is -0.135 e. The van der Waals surface area contributed by atoms with Crippen LogP contribution in [0.15, 0.2) is 243 Å². The maximum absolute atomic E-state index is 2.40. The standard InChI is InChI=1S/C68H40S/c1-3-7-43(8-4-1)53-29-19-47-25-35-59-55(31-21-49-23-33-57(53)65(47)67(49)59)45-15-11-41(12-16-45)51-27-37-63-61(39-51)62-40-52(28-38-64(62)69-63)42-13-17-46(18-14-42)56-32-22-50-24-34-58-54(44-9-5-2-6-10-44)30-20-48-26-36-60(56)68(50)66(48)58/h1-40H. The number of thiophene rings is 1. The first-order chi connectivity index (χ1) is 34.2. The van der Waals surface area contributed by atoms with Crippen LogP contribution in [0.5, 0.6) is 0 Å². The van der Waals surface area contributed by atoms with Crippen molar-refractivity contribution in [2.45, 2.75) is 0 Å². The molecule has 14 aromatic carbocycles. The van der Waals surface area contributed by atoms with Gasteiger partial charge in [0, 0.05) is 20.2 Å². The van der Waals surface area contributed by atoms with E-state index in [1.807, 2.05) is 11.3 Å². The largest absolute Gasteiger partial charge is 0.135 e. The molecule has 0 N–H and O–H groups in total. The van der Waals surface area contributed by atoms with Crippen molar-refractivity contribution in [3.8, 4) is 66.8 Å². The zero-order valence-electron chi connectivity index (χ0n) is 37.5. The molecule has 0 aliphatic heterocycles. The molecule has 0 nitrogen and oxygen atoms in total. The molecule has 15 aromatic rings. The third-order valence-electron chi connectivity index (χ3n) is 15.0. The first-order valence-corrected chi connectivity index (χ1v) is 24.7. The van der Waals surface area contributed by atoms with Crippen LogP contribution in [0.2, 0.25) is 0 Å². The minimum atomic E-state index is 1.22. The third-order valence-corrected chi connectivity index (χ3v) is 16.2. The van der Waals surface area contributed by atoms with Gasteiger partial charge in [0.2, 0.25) is 0 Å². The van der Waals surface area contributed by atoms with E-state index in [4.69, 9.17) is 0 Å². The quantitative estimate of drug-likeness (QED) is 0.146. The van der Waals surface area contributed by atoms with E-state index < -0.39 is 0 Å². The average molecular weight is 889 g/mol. The van der Waals surface area contributed by atoms with Gasteiger partial charge >= 0.3 is 0 Å². The van der Waals surface area contributed by atoms with Gasteiger partial charge in [0.15, 0.2) is 0 Å². The molecule has 0 aliphatic rings. The highest BCUT2D eigenvalue weighted by atomic mass is 32.1. The molecule has 318 valence electrons. The second-order valence-electron chi connectivity index (χ2n) is 18.7. The van der Waals surface area contributed by atoms with Crippen molar-refractivity contribution in [2.75, 3.05) is 0 Å². The lowest BCUT2D eigenvalue weighted by atomic mass is 9.87. The van der Waals surface area contributed by atoms with Crippen molar-refractivity contribution in [3.05, 3.63) is 243 Å². The summed E-state index contributed by atoms with van der Waals surface area (Å²) in [5.41, 5.74) is 15.0. The van der Waals surface area contributed by atoms with E-state index in [9.17, 15) is 0 Å². The van der Waals surface area contributed by atoms with E-state index in [1.165, 1.54) is 152 Å². The molecule has 0 aliphatic carbocycles. The van der Waals surface area contributed by atoms with Crippen LogP contribution in [-0.4, -0.2) is 0 Å². The Morgan fingerprint density at radius 2 is 0.464 bits per heavy atom. The predicted octanol–water partition coefficient (Wildman–Crippen LogP) is 19.9. The summed E-state index contributed by atoms with van der Waals surface area (Å²) in [6.45, 7) is 0. The Bertz CT molecular complexity index is 4190. The highest BCUT2D eigenvalue weighted by Crippen LogP contribution is 2.45. The summed E-state index contributed by atoms with van der Waals surface area (Å²) in [6.07, 6.45) is 0. The Morgan fingerprint density at radius 3 is 0.797 bits per heavy atom. The average Bonchev–Trinajstić information content (AvgIpc) is 3.79. The van der Waals surface area contributed by atoms with E-state index >= 15 is 0 Å².